The number of rotatable bonds is 1. The van der Waals surface area contributed by atoms with E-state index in [0.717, 1.165) is 24.1 Å². The normalized spacial score (nSPS) is 27.4. The van der Waals surface area contributed by atoms with Gasteiger partial charge < -0.3 is 4.90 Å². The lowest BCUT2D eigenvalue weighted by atomic mass is 9.78. The second-order valence-electron chi connectivity index (χ2n) is 5.61. The van der Waals surface area contributed by atoms with Gasteiger partial charge in [-0.25, -0.2) is 0 Å². The Morgan fingerprint density at radius 1 is 1.11 bits per heavy atom. The van der Waals surface area contributed by atoms with Gasteiger partial charge in [0.2, 0.25) is 0 Å². The van der Waals surface area contributed by atoms with E-state index in [-0.39, 0.29) is 0 Å². The maximum atomic E-state index is 9.02. The fourth-order valence-electron chi connectivity index (χ4n) is 3.70. The first-order valence-electron chi connectivity index (χ1n) is 7.15. The van der Waals surface area contributed by atoms with Crippen molar-refractivity contribution in [2.24, 2.45) is 5.92 Å². The molecule has 1 heterocycles. The lowest BCUT2D eigenvalue weighted by molar-refractivity contribution is 0.244. The van der Waals surface area contributed by atoms with Crippen LogP contribution in [0.4, 0.5) is 5.69 Å². The third-order valence-corrected chi connectivity index (χ3v) is 4.55. The van der Waals surface area contributed by atoms with Crippen molar-refractivity contribution >= 4 is 5.69 Å². The molecule has 1 saturated heterocycles. The molecule has 1 aromatic carbocycles. The third kappa shape index (κ3) is 2.10. The lowest BCUT2D eigenvalue weighted by Crippen LogP contribution is -2.46. The zero-order valence-corrected chi connectivity index (χ0v) is 10.8. The number of piperidine rings is 1. The Kier molecular flexibility index (Phi) is 3.23. The summed E-state index contributed by atoms with van der Waals surface area (Å²) in [5, 5.41) is 9.02. The highest BCUT2D eigenvalue weighted by Gasteiger charge is 2.33. The molecule has 2 nitrogen and oxygen atoms in total. The predicted octanol–water partition coefficient (Wildman–Crippen LogP) is 3.72. The van der Waals surface area contributed by atoms with E-state index in [2.05, 4.69) is 23.1 Å². The molecule has 1 aliphatic heterocycles. The van der Waals surface area contributed by atoms with Crippen molar-refractivity contribution in [1.82, 2.24) is 0 Å². The summed E-state index contributed by atoms with van der Waals surface area (Å²) in [6.45, 7) is 1.16. The Hall–Kier alpha value is -1.49. The summed E-state index contributed by atoms with van der Waals surface area (Å²) in [7, 11) is 0. The summed E-state index contributed by atoms with van der Waals surface area (Å²) in [6, 6.07) is 11.1. The molecule has 0 amide bonds. The molecule has 3 rings (SSSR count). The third-order valence-electron chi connectivity index (χ3n) is 4.55. The van der Waals surface area contributed by atoms with Crippen molar-refractivity contribution in [3.05, 3.63) is 29.8 Å². The van der Waals surface area contributed by atoms with Crippen molar-refractivity contribution in [2.45, 2.75) is 44.6 Å². The summed E-state index contributed by atoms with van der Waals surface area (Å²) in [5.74, 6) is 0.887. The van der Waals surface area contributed by atoms with Gasteiger partial charge in [-0.2, -0.15) is 5.26 Å². The molecule has 2 aliphatic rings. The monoisotopic (exact) mass is 240 g/mol. The molecule has 94 valence electrons. The van der Waals surface area contributed by atoms with E-state index in [9.17, 15) is 0 Å². The average Bonchev–Trinajstić information content (AvgIpc) is 2.47. The molecular weight excluding hydrogens is 220 g/mol. The maximum absolute atomic E-state index is 9.02. The van der Waals surface area contributed by atoms with E-state index in [1.807, 2.05) is 12.1 Å². The predicted molar refractivity (Wildman–Crippen MR) is 73.5 cm³/mol. The smallest absolute Gasteiger partial charge is 0.0992 e. The molecule has 0 bridgehead atoms. The van der Waals surface area contributed by atoms with E-state index in [1.54, 1.807) is 0 Å². The van der Waals surface area contributed by atoms with Gasteiger partial charge in [0.1, 0.15) is 0 Å². The molecule has 1 aliphatic carbocycles. The number of nitriles is 1. The second kappa shape index (κ2) is 5.02. The Morgan fingerprint density at radius 3 is 2.83 bits per heavy atom. The van der Waals surface area contributed by atoms with Crippen molar-refractivity contribution in [3.63, 3.8) is 0 Å². The van der Waals surface area contributed by atoms with Gasteiger partial charge in [0.25, 0.3) is 0 Å². The highest BCUT2D eigenvalue weighted by atomic mass is 15.2. The topological polar surface area (TPSA) is 27.0 Å². The van der Waals surface area contributed by atoms with Crippen LogP contribution in [0.2, 0.25) is 0 Å². The van der Waals surface area contributed by atoms with Crippen LogP contribution >= 0.6 is 0 Å². The number of hydrogen-bond acceptors (Lipinski definition) is 2. The van der Waals surface area contributed by atoms with Crippen LogP contribution in [0, 0.1) is 17.2 Å². The minimum absolute atomic E-state index is 0.724. The first-order valence-corrected chi connectivity index (χ1v) is 7.15. The summed E-state index contributed by atoms with van der Waals surface area (Å²) in [4.78, 5) is 2.56. The lowest BCUT2D eigenvalue weighted by Gasteiger charge is -2.45. The Morgan fingerprint density at radius 2 is 1.94 bits per heavy atom. The van der Waals surface area contributed by atoms with Gasteiger partial charge >= 0.3 is 0 Å². The van der Waals surface area contributed by atoms with Gasteiger partial charge in [-0.3, -0.25) is 0 Å². The fraction of sp³-hybridized carbons (Fsp3) is 0.562. The van der Waals surface area contributed by atoms with Gasteiger partial charge in [-0.05, 0) is 49.8 Å². The van der Waals surface area contributed by atoms with Crippen molar-refractivity contribution < 1.29 is 0 Å². The van der Waals surface area contributed by atoms with Crippen LogP contribution < -0.4 is 4.90 Å². The minimum Gasteiger partial charge on any atom is -0.368 e. The van der Waals surface area contributed by atoms with Crippen LogP contribution in [0.3, 0.4) is 0 Å². The first-order chi connectivity index (χ1) is 8.88. The van der Waals surface area contributed by atoms with Crippen LogP contribution in [0.5, 0.6) is 0 Å². The summed E-state index contributed by atoms with van der Waals surface area (Å²) >= 11 is 0. The van der Waals surface area contributed by atoms with E-state index in [4.69, 9.17) is 5.26 Å². The van der Waals surface area contributed by atoms with E-state index in [0.29, 0.717) is 0 Å². The Bertz CT molecular complexity index is 458. The molecule has 0 spiro atoms. The number of benzene rings is 1. The van der Waals surface area contributed by atoms with E-state index < -0.39 is 0 Å². The molecule has 1 saturated carbocycles. The Balaban J connectivity index is 1.87. The van der Waals surface area contributed by atoms with Crippen LogP contribution in [0.15, 0.2) is 24.3 Å². The van der Waals surface area contributed by atoms with Gasteiger partial charge in [-0.1, -0.05) is 18.9 Å². The SMILES string of the molecule is N#Cc1cccc(N2CCCC3CCCCC32)c1. The quantitative estimate of drug-likeness (QED) is 0.748. The van der Waals surface area contributed by atoms with Crippen LogP contribution in [0.25, 0.3) is 0 Å². The zero-order valence-electron chi connectivity index (χ0n) is 10.8. The largest absolute Gasteiger partial charge is 0.368 e. The van der Waals surface area contributed by atoms with E-state index in [1.165, 1.54) is 44.2 Å². The Labute approximate surface area is 109 Å². The number of nitrogens with zero attached hydrogens (tertiary/aromatic N) is 2. The summed E-state index contributed by atoms with van der Waals surface area (Å²) < 4.78 is 0. The molecular formula is C16H20N2. The molecule has 2 fully saturated rings. The summed E-state index contributed by atoms with van der Waals surface area (Å²) in [5.41, 5.74) is 2.04. The molecule has 2 heteroatoms. The first kappa shape index (κ1) is 11.6. The van der Waals surface area contributed by atoms with E-state index >= 15 is 0 Å². The van der Waals surface area contributed by atoms with Gasteiger partial charge in [0.15, 0.2) is 0 Å². The molecule has 0 N–H and O–H groups in total. The van der Waals surface area contributed by atoms with Gasteiger partial charge in [0.05, 0.1) is 11.6 Å². The highest BCUT2D eigenvalue weighted by molar-refractivity contribution is 5.52. The number of hydrogen-bond donors (Lipinski definition) is 0. The standard InChI is InChI=1S/C16H20N2/c17-12-13-5-3-8-15(11-13)18-10-4-7-14-6-1-2-9-16(14)18/h3,5,8,11,14,16H,1-2,4,6-7,9-10H2. The van der Waals surface area contributed by atoms with Gasteiger partial charge in [-0.15, -0.1) is 0 Å². The van der Waals surface area contributed by atoms with Gasteiger partial charge in [0, 0.05) is 18.3 Å². The second-order valence-corrected chi connectivity index (χ2v) is 5.61. The molecule has 18 heavy (non-hydrogen) atoms. The summed E-state index contributed by atoms with van der Waals surface area (Å²) in [6.07, 6.45) is 8.22. The fourth-order valence-corrected chi connectivity index (χ4v) is 3.70. The van der Waals surface area contributed by atoms with Crippen molar-refractivity contribution in [2.75, 3.05) is 11.4 Å². The number of fused-ring (bicyclic) bond motifs is 1. The van der Waals surface area contributed by atoms with Crippen LogP contribution in [-0.2, 0) is 0 Å². The molecule has 0 aromatic heterocycles. The minimum atomic E-state index is 0.724. The molecule has 1 aromatic rings. The van der Waals surface area contributed by atoms with Crippen molar-refractivity contribution in [3.8, 4) is 6.07 Å². The average molecular weight is 240 g/mol. The van der Waals surface area contributed by atoms with Crippen molar-refractivity contribution in [1.29, 1.82) is 5.26 Å². The maximum Gasteiger partial charge on any atom is 0.0992 e. The number of anilines is 1. The molecule has 2 unspecified atom stereocenters. The van der Waals surface area contributed by atoms with Crippen LogP contribution in [0.1, 0.15) is 44.1 Å². The zero-order chi connectivity index (χ0) is 12.4. The molecule has 0 radical (unpaired) electrons. The van der Waals surface area contributed by atoms with Crippen LogP contribution in [-0.4, -0.2) is 12.6 Å². The highest BCUT2D eigenvalue weighted by Crippen LogP contribution is 2.37. The molecule has 2 atom stereocenters.